The molecular weight excluding hydrogens is 364 g/mol. The van der Waals surface area contributed by atoms with E-state index in [0.717, 1.165) is 25.7 Å². The summed E-state index contributed by atoms with van der Waals surface area (Å²) in [5.41, 5.74) is 0.827. The molecule has 1 saturated carbocycles. The number of methoxy groups -OCH3 is 2. The largest absolute Gasteiger partial charge is 0.466 e. The Morgan fingerprint density at radius 1 is 1.07 bits per heavy atom. The van der Waals surface area contributed by atoms with E-state index < -0.39 is 22.8 Å². The van der Waals surface area contributed by atoms with Crippen LogP contribution in [0.2, 0.25) is 0 Å². The number of carbonyl (C=O) groups excluding carboxylic acids is 2. The van der Waals surface area contributed by atoms with E-state index in [-0.39, 0.29) is 22.9 Å². The fourth-order valence-corrected chi connectivity index (χ4v) is 3.84. The van der Waals surface area contributed by atoms with Gasteiger partial charge in [0.05, 0.1) is 36.2 Å². The lowest BCUT2D eigenvalue weighted by Crippen LogP contribution is -2.33. The Kier molecular flexibility index (Phi) is 5.77. The van der Waals surface area contributed by atoms with Gasteiger partial charge in [-0.15, -0.1) is 0 Å². The summed E-state index contributed by atoms with van der Waals surface area (Å²) in [6.45, 7) is 0. The Bertz CT molecular complexity index is 820. The maximum absolute atomic E-state index is 12.6. The average molecular weight is 386 g/mol. The van der Waals surface area contributed by atoms with Crippen LogP contribution in [0.15, 0.2) is 47.8 Å². The molecule has 0 bridgehead atoms. The molecule has 0 amide bonds. The van der Waals surface area contributed by atoms with Crippen LogP contribution in [-0.2, 0) is 19.1 Å². The first-order valence-electron chi connectivity index (χ1n) is 9.08. The van der Waals surface area contributed by atoms with E-state index in [4.69, 9.17) is 9.47 Å². The van der Waals surface area contributed by atoms with Gasteiger partial charge >= 0.3 is 11.9 Å². The molecule has 0 saturated heterocycles. The molecule has 0 N–H and O–H groups in total. The van der Waals surface area contributed by atoms with Crippen LogP contribution in [0.3, 0.4) is 0 Å². The molecule has 1 aliphatic carbocycles. The third kappa shape index (κ3) is 3.76. The van der Waals surface area contributed by atoms with E-state index in [1.807, 2.05) is 4.90 Å². The second-order valence-electron chi connectivity index (χ2n) is 6.82. The number of nitrogens with zero attached hydrogens (tertiary/aromatic N) is 2. The highest BCUT2D eigenvalue weighted by molar-refractivity contribution is 5.98. The van der Waals surface area contributed by atoms with Crippen molar-refractivity contribution < 1.29 is 24.0 Å². The molecule has 0 spiro atoms. The van der Waals surface area contributed by atoms with Crippen molar-refractivity contribution in [3.05, 3.63) is 63.5 Å². The van der Waals surface area contributed by atoms with Crippen LogP contribution in [-0.4, -0.2) is 42.0 Å². The van der Waals surface area contributed by atoms with E-state index in [0.29, 0.717) is 5.56 Å². The molecule has 28 heavy (non-hydrogen) atoms. The molecule has 8 heteroatoms. The van der Waals surface area contributed by atoms with Gasteiger partial charge in [0.15, 0.2) is 0 Å². The normalized spacial score (nSPS) is 17.7. The zero-order valence-corrected chi connectivity index (χ0v) is 15.8. The summed E-state index contributed by atoms with van der Waals surface area (Å²) in [5.74, 6) is -1.99. The summed E-state index contributed by atoms with van der Waals surface area (Å²) in [6.07, 6.45) is 7.46. The van der Waals surface area contributed by atoms with Gasteiger partial charge in [0.2, 0.25) is 0 Å². The zero-order chi connectivity index (χ0) is 20.3. The number of hydrogen-bond acceptors (Lipinski definition) is 7. The first kappa shape index (κ1) is 19.6. The minimum Gasteiger partial charge on any atom is -0.466 e. The van der Waals surface area contributed by atoms with Gasteiger partial charge in [0, 0.05) is 30.6 Å². The third-order valence-electron chi connectivity index (χ3n) is 5.20. The van der Waals surface area contributed by atoms with E-state index >= 15 is 0 Å². The van der Waals surface area contributed by atoms with Gasteiger partial charge in [-0.3, -0.25) is 10.1 Å². The van der Waals surface area contributed by atoms with Crippen molar-refractivity contribution in [1.82, 2.24) is 4.90 Å². The molecule has 2 aliphatic rings. The van der Waals surface area contributed by atoms with E-state index in [1.54, 1.807) is 18.5 Å². The molecule has 3 rings (SSSR count). The topological polar surface area (TPSA) is 99.0 Å². The SMILES string of the molecule is COC(=O)C1=CN(C2CCCC2)C=C(C(=O)OC)C1c1cccc([N+](=O)[O-])c1. The molecule has 0 aromatic heterocycles. The number of nitro groups is 1. The Hall–Kier alpha value is -3.16. The zero-order valence-electron chi connectivity index (χ0n) is 15.8. The summed E-state index contributed by atoms with van der Waals surface area (Å²) >= 11 is 0. The number of hydrogen-bond donors (Lipinski definition) is 0. The summed E-state index contributed by atoms with van der Waals surface area (Å²) in [4.78, 5) is 37.7. The number of carbonyl (C=O) groups is 2. The maximum Gasteiger partial charge on any atom is 0.336 e. The first-order chi connectivity index (χ1) is 13.5. The van der Waals surface area contributed by atoms with Crippen molar-refractivity contribution in [2.75, 3.05) is 14.2 Å². The molecule has 1 aliphatic heterocycles. The summed E-state index contributed by atoms with van der Waals surface area (Å²) < 4.78 is 9.89. The number of benzene rings is 1. The number of nitro benzene ring substituents is 1. The second kappa shape index (κ2) is 8.24. The van der Waals surface area contributed by atoms with Crippen LogP contribution in [0.4, 0.5) is 5.69 Å². The van der Waals surface area contributed by atoms with Gasteiger partial charge in [-0.1, -0.05) is 25.0 Å². The first-order valence-corrected chi connectivity index (χ1v) is 9.08. The third-order valence-corrected chi connectivity index (χ3v) is 5.20. The van der Waals surface area contributed by atoms with Gasteiger partial charge in [-0.2, -0.15) is 0 Å². The Morgan fingerprint density at radius 3 is 2.14 bits per heavy atom. The van der Waals surface area contributed by atoms with E-state index in [2.05, 4.69) is 0 Å². The van der Waals surface area contributed by atoms with Crippen molar-refractivity contribution in [3.8, 4) is 0 Å². The van der Waals surface area contributed by atoms with Crippen molar-refractivity contribution >= 4 is 17.6 Å². The highest BCUT2D eigenvalue weighted by atomic mass is 16.6. The summed E-state index contributed by atoms with van der Waals surface area (Å²) in [5, 5.41) is 11.2. The summed E-state index contributed by atoms with van der Waals surface area (Å²) in [7, 11) is 2.54. The lowest BCUT2D eigenvalue weighted by molar-refractivity contribution is -0.384. The Labute approximate surface area is 162 Å². The monoisotopic (exact) mass is 386 g/mol. The van der Waals surface area contributed by atoms with Crippen LogP contribution >= 0.6 is 0 Å². The Balaban J connectivity index is 2.12. The molecule has 1 aromatic rings. The molecule has 148 valence electrons. The van der Waals surface area contributed by atoms with Crippen molar-refractivity contribution in [1.29, 1.82) is 0 Å². The lowest BCUT2D eigenvalue weighted by Gasteiger charge is -2.33. The number of non-ortho nitro benzene ring substituents is 1. The highest BCUT2D eigenvalue weighted by Gasteiger charge is 2.37. The van der Waals surface area contributed by atoms with Crippen LogP contribution < -0.4 is 0 Å². The van der Waals surface area contributed by atoms with Gasteiger partial charge in [-0.05, 0) is 18.4 Å². The van der Waals surface area contributed by atoms with Gasteiger partial charge in [0.25, 0.3) is 5.69 Å². The average Bonchev–Trinajstić information content (AvgIpc) is 3.26. The molecule has 1 fully saturated rings. The minimum atomic E-state index is -0.808. The molecule has 0 atom stereocenters. The fourth-order valence-electron chi connectivity index (χ4n) is 3.84. The number of esters is 2. The fraction of sp³-hybridized carbons (Fsp3) is 0.400. The number of ether oxygens (including phenoxy) is 2. The standard InChI is InChI=1S/C20H22N2O6/c1-27-19(23)16-11-21(14-7-3-4-8-14)12-17(20(24)28-2)18(16)13-6-5-9-15(10-13)22(25)26/h5-6,9-12,14,18H,3-4,7-8H2,1-2H3. The maximum atomic E-state index is 12.6. The Morgan fingerprint density at radius 2 is 1.64 bits per heavy atom. The second-order valence-corrected chi connectivity index (χ2v) is 6.82. The molecular formula is C20H22N2O6. The van der Waals surface area contributed by atoms with Crippen LogP contribution in [0.25, 0.3) is 0 Å². The predicted octanol–water partition coefficient (Wildman–Crippen LogP) is 3.05. The quantitative estimate of drug-likeness (QED) is 0.436. The van der Waals surface area contributed by atoms with Gasteiger partial charge in [0.1, 0.15) is 0 Å². The van der Waals surface area contributed by atoms with Gasteiger partial charge < -0.3 is 14.4 Å². The molecule has 0 unspecified atom stereocenters. The lowest BCUT2D eigenvalue weighted by atomic mass is 9.83. The van der Waals surface area contributed by atoms with Crippen LogP contribution in [0.5, 0.6) is 0 Å². The molecule has 1 aromatic carbocycles. The van der Waals surface area contributed by atoms with E-state index in [1.165, 1.54) is 32.4 Å². The van der Waals surface area contributed by atoms with Crippen LogP contribution in [0, 0.1) is 10.1 Å². The van der Waals surface area contributed by atoms with Crippen molar-refractivity contribution in [2.45, 2.75) is 37.6 Å². The molecule has 8 nitrogen and oxygen atoms in total. The number of rotatable bonds is 5. The van der Waals surface area contributed by atoms with Crippen molar-refractivity contribution in [2.24, 2.45) is 0 Å². The van der Waals surface area contributed by atoms with Crippen LogP contribution in [0.1, 0.15) is 37.2 Å². The smallest absolute Gasteiger partial charge is 0.336 e. The highest BCUT2D eigenvalue weighted by Crippen LogP contribution is 2.40. The molecule has 0 radical (unpaired) electrons. The molecule has 1 heterocycles. The predicted molar refractivity (Wildman–Crippen MR) is 100 cm³/mol. The minimum absolute atomic E-state index is 0.121. The van der Waals surface area contributed by atoms with E-state index in [9.17, 15) is 19.7 Å². The summed E-state index contributed by atoms with van der Waals surface area (Å²) in [6, 6.07) is 6.09. The van der Waals surface area contributed by atoms with Crippen molar-refractivity contribution in [3.63, 3.8) is 0 Å². The van der Waals surface area contributed by atoms with Gasteiger partial charge in [-0.25, -0.2) is 9.59 Å².